The van der Waals surface area contributed by atoms with E-state index in [1.807, 2.05) is 38.1 Å². The fraction of sp³-hybridized carbons (Fsp3) is 0.538. The van der Waals surface area contributed by atoms with E-state index < -0.39 is 47.6 Å². The number of H-pyrrole nitrogens is 1. The van der Waals surface area contributed by atoms with Crippen LogP contribution in [0.3, 0.4) is 0 Å². The number of carbonyl (C=O) groups excluding carboxylic acids is 4. The number of rotatable bonds is 11. The van der Waals surface area contributed by atoms with Crippen LogP contribution in [0.15, 0.2) is 30.5 Å². The zero-order chi connectivity index (χ0) is 27.8. The molecule has 0 fully saturated rings. The first-order chi connectivity index (χ1) is 17.4. The van der Waals surface area contributed by atoms with Crippen LogP contribution in [0.1, 0.15) is 46.6 Å². The van der Waals surface area contributed by atoms with Gasteiger partial charge in [-0.3, -0.25) is 9.59 Å². The molecule has 0 radical (unpaired) electrons. The largest absolute Gasteiger partial charge is 0.467 e. The maximum Gasteiger partial charge on any atom is 0.408 e. The van der Waals surface area contributed by atoms with Crippen molar-refractivity contribution in [2.45, 2.75) is 71.2 Å². The highest BCUT2D eigenvalue weighted by atomic mass is 79.9. The minimum atomic E-state index is -1.03. The van der Waals surface area contributed by atoms with Crippen molar-refractivity contribution in [1.82, 2.24) is 20.9 Å². The smallest absolute Gasteiger partial charge is 0.408 e. The Morgan fingerprint density at radius 2 is 1.68 bits per heavy atom. The highest BCUT2D eigenvalue weighted by molar-refractivity contribution is 9.09. The van der Waals surface area contributed by atoms with Gasteiger partial charge in [-0.05, 0) is 38.3 Å². The van der Waals surface area contributed by atoms with Gasteiger partial charge in [-0.25, -0.2) is 9.59 Å². The normalized spacial score (nSPS) is 14.7. The van der Waals surface area contributed by atoms with Gasteiger partial charge in [0.25, 0.3) is 0 Å². The van der Waals surface area contributed by atoms with Crippen LogP contribution in [0.2, 0.25) is 0 Å². The number of nitrogens with one attached hydrogen (secondary N) is 4. The summed E-state index contributed by atoms with van der Waals surface area (Å²) in [5.41, 5.74) is 0.947. The SMILES string of the molecule is CC[C@H](C)[C@H](NC(=O)[C@H](CBr)NC(=O)[C@H](Cc1c[nH]c2ccccc12)NC(=O)OC(C)(C)C)C(=O)OC. The number of para-hydroxylation sites is 1. The summed E-state index contributed by atoms with van der Waals surface area (Å²) in [5, 5.41) is 9.00. The lowest BCUT2D eigenvalue weighted by Crippen LogP contribution is -2.58. The molecule has 0 bridgehead atoms. The number of esters is 1. The summed E-state index contributed by atoms with van der Waals surface area (Å²) in [6, 6.07) is 4.71. The molecule has 4 N–H and O–H groups in total. The summed E-state index contributed by atoms with van der Waals surface area (Å²) in [4.78, 5) is 54.3. The highest BCUT2D eigenvalue weighted by Crippen LogP contribution is 2.20. The van der Waals surface area contributed by atoms with Gasteiger partial charge in [-0.15, -0.1) is 0 Å². The number of aromatic amines is 1. The number of ether oxygens (including phenoxy) is 2. The maximum absolute atomic E-state index is 13.4. The summed E-state index contributed by atoms with van der Waals surface area (Å²) in [5.74, 6) is -1.87. The van der Waals surface area contributed by atoms with Crippen molar-refractivity contribution in [1.29, 1.82) is 0 Å². The Morgan fingerprint density at radius 1 is 1.03 bits per heavy atom. The highest BCUT2D eigenvalue weighted by Gasteiger charge is 2.32. The van der Waals surface area contributed by atoms with E-state index in [1.54, 1.807) is 27.0 Å². The van der Waals surface area contributed by atoms with E-state index >= 15 is 0 Å². The average molecular weight is 582 g/mol. The molecule has 37 heavy (non-hydrogen) atoms. The molecule has 1 heterocycles. The third kappa shape index (κ3) is 8.77. The maximum atomic E-state index is 13.4. The summed E-state index contributed by atoms with van der Waals surface area (Å²) >= 11 is 3.27. The van der Waals surface area contributed by atoms with Crippen LogP contribution in [0.25, 0.3) is 10.9 Å². The molecule has 0 saturated carbocycles. The third-order valence-electron chi connectivity index (χ3n) is 5.86. The van der Waals surface area contributed by atoms with Gasteiger partial charge in [0, 0.05) is 28.9 Å². The van der Waals surface area contributed by atoms with Crippen molar-refractivity contribution in [3.8, 4) is 0 Å². The molecule has 0 aliphatic heterocycles. The Kier molecular flexibility index (Phi) is 11.0. The molecule has 0 saturated heterocycles. The average Bonchev–Trinajstić information content (AvgIpc) is 3.25. The van der Waals surface area contributed by atoms with E-state index in [-0.39, 0.29) is 17.7 Å². The number of halogens is 1. The lowest BCUT2D eigenvalue weighted by atomic mass is 9.99. The van der Waals surface area contributed by atoms with E-state index in [0.29, 0.717) is 6.42 Å². The van der Waals surface area contributed by atoms with Gasteiger partial charge >= 0.3 is 12.1 Å². The molecule has 10 nitrogen and oxygen atoms in total. The Hall–Kier alpha value is -3.08. The fourth-order valence-corrected chi connectivity index (χ4v) is 4.13. The van der Waals surface area contributed by atoms with Crippen LogP contribution in [0.4, 0.5) is 4.79 Å². The van der Waals surface area contributed by atoms with Gasteiger partial charge < -0.3 is 30.4 Å². The molecule has 0 unspecified atom stereocenters. The monoisotopic (exact) mass is 580 g/mol. The van der Waals surface area contributed by atoms with Crippen molar-refractivity contribution in [3.63, 3.8) is 0 Å². The molecular formula is C26H37BrN4O6. The molecule has 204 valence electrons. The number of alkyl carbamates (subject to hydrolysis) is 1. The van der Waals surface area contributed by atoms with Crippen LogP contribution in [0.5, 0.6) is 0 Å². The lowest BCUT2D eigenvalue weighted by Gasteiger charge is -2.26. The molecule has 0 aliphatic carbocycles. The van der Waals surface area contributed by atoms with Gasteiger partial charge in [-0.1, -0.05) is 54.4 Å². The predicted octanol–water partition coefficient (Wildman–Crippen LogP) is 3.19. The molecule has 3 amide bonds. The van der Waals surface area contributed by atoms with Gasteiger partial charge in [0.15, 0.2) is 0 Å². The van der Waals surface area contributed by atoms with E-state index in [0.717, 1.165) is 16.5 Å². The molecule has 1 aromatic carbocycles. The molecule has 4 atom stereocenters. The predicted molar refractivity (Wildman–Crippen MR) is 144 cm³/mol. The number of benzene rings is 1. The van der Waals surface area contributed by atoms with Gasteiger partial charge in [-0.2, -0.15) is 0 Å². The van der Waals surface area contributed by atoms with Crippen LogP contribution in [-0.4, -0.2) is 65.0 Å². The topological polar surface area (TPSA) is 139 Å². The number of hydrogen-bond acceptors (Lipinski definition) is 6. The number of fused-ring (bicyclic) bond motifs is 1. The molecular weight excluding hydrogens is 544 g/mol. The number of aromatic nitrogens is 1. The Morgan fingerprint density at radius 3 is 2.27 bits per heavy atom. The third-order valence-corrected chi connectivity index (χ3v) is 6.51. The van der Waals surface area contributed by atoms with Crippen molar-refractivity contribution in [2.24, 2.45) is 5.92 Å². The molecule has 2 rings (SSSR count). The molecule has 1 aromatic heterocycles. The first-order valence-corrected chi connectivity index (χ1v) is 13.3. The molecule has 0 aliphatic rings. The molecule has 2 aromatic rings. The summed E-state index contributed by atoms with van der Waals surface area (Å²) < 4.78 is 10.2. The number of methoxy groups -OCH3 is 1. The number of alkyl halides is 1. The first-order valence-electron chi connectivity index (χ1n) is 12.2. The van der Waals surface area contributed by atoms with Crippen molar-refractivity contribution in [2.75, 3.05) is 12.4 Å². The van der Waals surface area contributed by atoms with Crippen molar-refractivity contribution >= 4 is 50.7 Å². The van der Waals surface area contributed by atoms with Gasteiger partial charge in [0.1, 0.15) is 23.7 Å². The Bertz CT molecular complexity index is 1100. The number of hydrogen-bond donors (Lipinski definition) is 4. The minimum Gasteiger partial charge on any atom is -0.467 e. The second-order valence-corrected chi connectivity index (χ2v) is 10.5. The second kappa shape index (κ2) is 13.5. The Labute approximate surface area is 225 Å². The quantitative estimate of drug-likeness (QED) is 0.238. The van der Waals surface area contributed by atoms with Crippen molar-refractivity contribution in [3.05, 3.63) is 36.0 Å². The summed E-state index contributed by atoms with van der Waals surface area (Å²) in [6.07, 6.45) is 1.82. The van der Waals surface area contributed by atoms with Gasteiger partial charge in [0.2, 0.25) is 11.8 Å². The zero-order valence-electron chi connectivity index (χ0n) is 22.1. The lowest BCUT2D eigenvalue weighted by molar-refractivity contribution is -0.146. The number of carbonyl (C=O) groups is 4. The summed E-state index contributed by atoms with van der Waals surface area (Å²) in [7, 11) is 1.26. The standard InChI is InChI=1S/C26H37BrN4O6/c1-7-15(2)21(24(34)36-6)31-23(33)20(13-27)29-22(32)19(30-25(35)37-26(3,4)5)12-16-14-28-18-11-9-8-10-17(16)18/h8-11,14-15,19-21,28H,7,12-13H2,1-6H3,(H,29,32)(H,30,35)(H,31,33)/t15-,19-,20-,21-/m0/s1. The first kappa shape index (κ1) is 30.1. The fourth-order valence-electron chi connectivity index (χ4n) is 3.68. The van der Waals surface area contributed by atoms with Crippen LogP contribution < -0.4 is 16.0 Å². The van der Waals surface area contributed by atoms with Gasteiger partial charge in [0.05, 0.1) is 7.11 Å². The number of amides is 3. The minimum absolute atomic E-state index is 0.0885. The van der Waals surface area contributed by atoms with Crippen LogP contribution in [0, 0.1) is 5.92 Å². The zero-order valence-corrected chi connectivity index (χ0v) is 23.7. The molecule has 0 spiro atoms. The van der Waals surface area contributed by atoms with E-state index in [4.69, 9.17) is 9.47 Å². The van der Waals surface area contributed by atoms with Crippen LogP contribution >= 0.6 is 15.9 Å². The van der Waals surface area contributed by atoms with E-state index in [2.05, 4.69) is 36.9 Å². The van der Waals surface area contributed by atoms with Crippen LogP contribution in [-0.2, 0) is 30.3 Å². The van der Waals surface area contributed by atoms with E-state index in [1.165, 1.54) is 7.11 Å². The molecule has 11 heteroatoms. The Balaban J connectivity index is 2.24. The van der Waals surface area contributed by atoms with Crippen molar-refractivity contribution < 1.29 is 28.7 Å². The second-order valence-electron chi connectivity index (χ2n) is 9.87. The van der Waals surface area contributed by atoms with E-state index in [9.17, 15) is 19.2 Å². The summed E-state index contributed by atoms with van der Waals surface area (Å²) in [6.45, 7) is 8.89.